The normalized spacial score (nSPS) is 12.6. The molecule has 0 aliphatic heterocycles. The number of nitrogens with zero attached hydrogens (tertiary/aromatic N) is 3. The maximum Gasteiger partial charge on any atom is 0.174 e. The maximum atomic E-state index is 6.05. The second-order valence-electron chi connectivity index (χ2n) is 4.46. The fourth-order valence-electron chi connectivity index (χ4n) is 1.24. The van der Waals surface area contributed by atoms with Crippen molar-refractivity contribution in [2.24, 2.45) is 0 Å². The van der Waals surface area contributed by atoms with Crippen LogP contribution >= 0.6 is 11.6 Å². The molecule has 14 heavy (non-hydrogen) atoms. The molecule has 0 fully saturated rings. The summed E-state index contributed by atoms with van der Waals surface area (Å²) >= 11 is 6.05. The van der Waals surface area contributed by atoms with E-state index in [4.69, 9.17) is 11.6 Å². The van der Waals surface area contributed by atoms with Gasteiger partial charge in [0.15, 0.2) is 5.65 Å². The second-order valence-corrected chi connectivity index (χ2v) is 4.84. The van der Waals surface area contributed by atoms with Crippen molar-refractivity contribution in [3.8, 4) is 0 Å². The molecule has 0 spiro atoms. The Kier molecular flexibility index (Phi) is 1.86. The molecule has 2 heterocycles. The first-order valence-corrected chi connectivity index (χ1v) is 4.89. The van der Waals surface area contributed by atoms with Crippen LogP contribution in [-0.2, 0) is 5.41 Å². The summed E-state index contributed by atoms with van der Waals surface area (Å²) in [5, 5.41) is 9.17. The molecule has 0 saturated heterocycles. The van der Waals surface area contributed by atoms with E-state index in [0.29, 0.717) is 5.02 Å². The molecule has 5 heteroatoms. The van der Waals surface area contributed by atoms with E-state index in [1.165, 1.54) is 0 Å². The van der Waals surface area contributed by atoms with Gasteiger partial charge in [-0.2, -0.15) is 5.10 Å². The summed E-state index contributed by atoms with van der Waals surface area (Å²) in [6.45, 7) is 8.13. The van der Waals surface area contributed by atoms with Gasteiger partial charge in [-0.05, 0) is 6.92 Å². The van der Waals surface area contributed by atoms with Crippen molar-refractivity contribution in [3.63, 3.8) is 0 Å². The van der Waals surface area contributed by atoms with Gasteiger partial charge < -0.3 is 4.98 Å². The number of H-pyrrole nitrogens is 1. The molecular weight excluding hydrogens is 200 g/mol. The summed E-state index contributed by atoms with van der Waals surface area (Å²) in [5.41, 5.74) is 1.55. The zero-order valence-corrected chi connectivity index (χ0v) is 9.48. The lowest BCUT2D eigenvalue weighted by Crippen LogP contribution is -2.13. The molecule has 0 aliphatic rings. The minimum atomic E-state index is -0.0159. The van der Waals surface area contributed by atoms with Gasteiger partial charge in [0, 0.05) is 5.41 Å². The van der Waals surface area contributed by atoms with Crippen molar-refractivity contribution < 1.29 is 0 Å². The Labute approximate surface area is 87.3 Å². The lowest BCUT2D eigenvalue weighted by atomic mass is 9.96. The Morgan fingerprint density at radius 2 is 1.93 bits per heavy atom. The molecule has 0 radical (unpaired) electrons. The Bertz CT molecular complexity index is 475. The van der Waals surface area contributed by atoms with Gasteiger partial charge >= 0.3 is 0 Å². The molecule has 76 valence electrons. The predicted molar refractivity (Wildman–Crippen MR) is 55.8 cm³/mol. The Morgan fingerprint density at radius 1 is 1.29 bits per heavy atom. The second kappa shape index (κ2) is 2.73. The van der Waals surface area contributed by atoms with Crippen molar-refractivity contribution in [1.82, 2.24) is 19.8 Å². The van der Waals surface area contributed by atoms with Gasteiger partial charge in [-0.1, -0.05) is 32.4 Å². The van der Waals surface area contributed by atoms with Gasteiger partial charge in [0.05, 0.1) is 5.69 Å². The zero-order chi connectivity index (χ0) is 10.5. The third-order valence-electron chi connectivity index (χ3n) is 2.11. The Balaban J connectivity index is 2.65. The molecule has 0 aliphatic carbocycles. The van der Waals surface area contributed by atoms with E-state index >= 15 is 0 Å². The number of hydrogen-bond donors (Lipinski definition) is 1. The van der Waals surface area contributed by atoms with Gasteiger partial charge in [-0.25, -0.2) is 0 Å². The molecule has 2 aromatic rings. The highest BCUT2D eigenvalue weighted by molar-refractivity contribution is 6.34. The molecule has 0 unspecified atom stereocenters. The number of hydrogen-bond acceptors (Lipinski definition) is 2. The van der Waals surface area contributed by atoms with Crippen molar-refractivity contribution in [2.45, 2.75) is 33.1 Å². The number of rotatable bonds is 0. The van der Waals surface area contributed by atoms with Crippen LogP contribution in [0.3, 0.4) is 0 Å². The van der Waals surface area contributed by atoms with Gasteiger partial charge in [-0.3, -0.25) is 0 Å². The van der Waals surface area contributed by atoms with Crippen molar-refractivity contribution in [1.29, 1.82) is 0 Å². The van der Waals surface area contributed by atoms with Crippen LogP contribution in [0.5, 0.6) is 0 Å². The highest BCUT2D eigenvalue weighted by Gasteiger charge is 2.20. The highest BCUT2D eigenvalue weighted by Crippen LogP contribution is 2.23. The largest absolute Gasteiger partial charge is 0.324 e. The van der Waals surface area contributed by atoms with E-state index in [-0.39, 0.29) is 5.41 Å². The molecule has 2 rings (SSSR count). The van der Waals surface area contributed by atoms with Gasteiger partial charge in [0.25, 0.3) is 0 Å². The molecule has 0 atom stereocenters. The minimum absolute atomic E-state index is 0.0159. The third-order valence-corrected chi connectivity index (χ3v) is 2.56. The number of fused-ring (bicyclic) bond motifs is 1. The predicted octanol–water partition coefficient (Wildman–Crippen LogP) is 2.32. The SMILES string of the molecule is Cc1nn2nc(C(C)(C)C)[nH]c2c1Cl. The first-order valence-electron chi connectivity index (χ1n) is 4.51. The van der Waals surface area contributed by atoms with Crippen LogP contribution in [0.1, 0.15) is 32.3 Å². The molecule has 0 saturated carbocycles. The summed E-state index contributed by atoms with van der Waals surface area (Å²) in [5.74, 6) is 0.891. The van der Waals surface area contributed by atoms with Crippen LogP contribution in [0.25, 0.3) is 5.65 Å². The molecular formula is C9H13ClN4. The Hall–Kier alpha value is -1.03. The van der Waals surface area contributed by atoms with Gasteiger partial charge in [0.1, 0.15) is 10.8 Å². The zero-order valence-electron chi connectivity index (χ0n) is 8.72. The molecule has 0 bridgehead atoms. The lowest BCUT2D eigenvalue weighted by molar-refractivity contribution is 0.540. The molecule has 2 aromatic heterocycles. The molecule has 0 aromatic carbocycles. The minimum Gasteiger partial charge on any atom is -0.324 e. The van der Waals surface area contributed by atoms with E-state index in [1.54, 1.807) is 4.63 Å². The number of aromatic nitrogens is 4. The van der Waals surface area contributed by atoms with E-state index in [2.05, 4.69) is 36.0 Å². The summed E-state index contributed by atoms with van der Waals surface area (Å²) < 4.78 is 1.55. The van der Waals surface area contributed by atoms with Gasteiger partial charge in [0.2, 0.25) is 0 Å². The van der Waals surface area contributed by atoms with Gasteiger partial charge in [-0.15, -0.1) is 9.73 Å². The summed E-state index contributed by atoms with van der Waals surface area (Å²) in [6.07, 6.45) is 0. The highest BCUT2D eigenvalue weighted by atomic mass is 35.5. The van der Waals surface area contributed by atoms with E-state index in [1.807, 2.05) is 6.92 Å². The van der Waals surface area contributed by atoms with Crippen LogP contribution in [0.15, 0.2) is 0 Å². The van der Waals surface area contributed by atoms with Crippen molar-refractivity contribution in [2.75, 3.05) is 0 Å². The average molecular weight is 213 g/mol. The number of aryl methyl sites for hydroxylation is 1. The molecule has 0 amide bonds. The quantitative estimate of drug-likeness (QED) is 0.729. The number of nitrogens with one attached hydrogen (secondary N) is 1. The maximum absolute atomic E-state index is 6.05. The first-order chi connectivity index (χ1) is 6.39. The monoisotopic (exact) mass is 212 g/mol. The lowest BCUT2D eigenvalue weighted by Gasteiger charge is -2.12. The van der Waals surface area contributed by atoms with E-state index in [0.717, 1.165) is 17.2 Å². The standard InChI is InChI=1S/C9H13ClN4/c1-5-6(10)7-11-8(9(2,3)4)13-14(7)12-5/h1-4H3,(H,11,13). The van der Waals surface area contributed by atoms with Crippen molar-refractivity contribution >= 4 is 17.2 Å². The number of halogens is 1. The molecule has 1 N–H and O–H groups in total. The third kappa shape index (κ3) is 1.30. The van der Waals surface area contributed by atoms with Crippen LogP contribution in [0.2, 0.25) is 5.02 Å². The van der Waals surface area contributed by atoms with Crippen molar-refractivity contribution in [3.05, 3.63) is 16.5 Å². The summed E-state index contributed by atoms with van der Waals surface area (Å²) in [4.78, 5) is 3.18. The summed E-state index contributed by atoms with van der Waals surface area (Å²) in [6, 6.07) is 0. The summed E-state index contributed by atoms with van der Waals surface area (Å²) in [7, 11) is 0. The number of aromatic amines is 1. The van der Waals surface area contributed by atoms with E-state index < -0.39 is 0 Å². The average Bonchev–Trinajstić information content (AvgIpc) is 2.54. The van der Waals surface area contributed by atoms with E-state index in [9.17, 15) is 0 Å². The van der Waals surface area contributed by atoms with Crippen LogP contribution in [0.4, 0.5) is 0 Å². The smallest absolute Gasteiger partial charge is 0.174 e. The van der Waals surface area contributed by atoms with Crippen LogP contribution in [-0.4, -0.2) is 19.8 Å². The topological polar surface area (TPSA) is 46.0 Å². The molecule has 4 nitrogen and oxygen atoms in total. The fraction of sp³-hybridized carbons (Fsp3) is 0.556. The van der Waals surface area contributed by atoms with Crippen LogP contribution in [0, 0.1) is 6.92 Å². The fourth-order valence-corrected chi connectivity index (χ4v) is 1.40. The Morgan fingerprint density at radius 3 is 2.43 bits per heavy atom. The van der Waals surface area contributed by atoms with Crippen LogP contribution < -0.4 is 0 Å². The first kappa shape index (κ1) is 9.52.